The number of amides is 2. The zero-order valence-electron chi connectivity index (χ0n) is 9.60. The summed E-state index contributed by atoms with van der Waals surface area (Å²) in [6.07, 6.45) is 0.721. The molecule has 0 unspecified atom stereocenters. The number of rotatable bonds is 4. The highest BCUT2D eigenvalue weighted by Crippen LogP contribution is 2.06. The Morgan fingerprint density at radius 2 is 2.00 bits per heavy atom. The third-order valence-corrected chi connectivity index (χ3v) is 2.20. The zero-order chi connectivity index (χ0) is 12.0. The van der Waals surface area contributed by atoms with E-state index in [-0.39, 0.29) is 5.92 Å². The number of nitrogens with one attached hydrogen (secondary N) is 1. The van der Waals surface area contributed by atoms with Crippen molar-refractivity contribution in [2.75, 3.05) is 0 Å². The van der Waals surface area contributed by atoms with Gasteiger partial charge in [-0.1, -0.05) is 44.2 Å². The fourth-order valence-electron chi connectivity index (χ4n) is 1.30. The van der Waals surface area contributed by atoms with Crippen LogP contribution >= 0.6 is 0 Å². The van der Waals surface area contributed by atoms with E-state index in [9.17, 15) is 4.79 Å². The van der Waals surface area contributed by atoms with Crippen LogP contribution in [0.2, 0.25) is 0 Å². The van der Waals surface area contributed by atoms with Crippen LogP contribution in [-0.2, 0) is 6.42 Å². The summed E-state index contributed by atoms with van der Waals surface area (Å²) in [6, 6.07) is 9.36. The molecule has 86 valence electrons. The van der Waals surface area contributed by atoms with Crippen LogP contribution in [0.25, 0.3) is 0 Å². The first-order valence-corrected chi connectivity index (χ1v) is 5.25. The number of nitrogens with zero attached hydrogens (tertiary/aromatic N) is 1. The standard InChI is InChI=1S/C12H17N3O/c1-9(2)11(14-15-12(13)16)8-10-6-4-3-5-7-10/h3-7,9H,8H2,1-2H3,(H3,13,15,16). The van der Waals surface area contributed by atoms with Crippen molar-refractivity contribution in [2.45, 2.75) is 20.3 Å². The first kappa shape index (κ1) is 12.2. The van der Waals surface area contributed by atoms with Gasteiger partial charge in [-0.3, -0.25) is 0 Å². The van der Waals surface area contributed by atoms with E-state index in [1.165, 1.54) is 5.56 Å². The molecule has 3 N–H and O–H groups in total. The van der Waals surface area contributed by atoms with Gasteiger partial charge in [0.2, 0.25) is 0 Å². The summed E-state index contributed by atoms with van der Waals surface area (Å²) >= 11 is 0. The molecule has 0 spiro atoms. The number of hydrazone groups is 1. The van der Waals surface area contributed by atoms with Crippen LogP contribution in [0.4, 0.5) is 4.79 Å². The Hall–Kier alpha value is -1.84. The molecule has 0 saturated heterocycles. The molecular formula is C12H17N3O. The molecule has 1 aromatic rings. The van der Waals surface area contributed by atoms with Crippen LogP contribution in [0.5, 0.6) is 0 Å². The van der Waals surface area contributed by atoms with Crippen LogP contribution in [0.15, 0.2) is 35.4 Å². The lowest BCUT2D eigenvalue weighted by molar-refractivity contribution is 0.249. The van der Waals surface area contributed by atoms with E-state index in [2.05, 4.69) is 10.5 Å². The van der Waals surface area contributed by atoms with Gasteiger partial charge in [-0.2, -0.15) is 5.10 Å². The van der Waals surface area contributed by atoms with E-state index in [1.54, 1.807) is 0 Å². The predicted octanol–water partition coefficient (Wildman–Crippen LogP) is 1.91. The predicted molar refractivity (Wildman–Crippen MR) is 65.1 cm³/mol. The number of primary amides is 1. The minimum Gasteiger partial charge on any atom is -0.350 e. The van der Waals surface area contributed by atoms with Crippen LogP contribution in [0.3, 0.4) is 0 Å². The lowest BCUT2D eigenvalue weighted by Gasteiger charge is -2.09. The number of nitrogens with two attached hydrogens (primary N) is 1. The van der Waals surface area contributed by atoms with E-state index in [0.717, 1.165) is 12.1 Å². The van der Waals surface area contributed by atoms with Crippen molar-refractivity contribution >= 4 is 11.7 Å². The lowest BCUT2D eigenvalue weighted by atomic mass is 10.0. The van der Waals surface area contributed by atoms with Crippen molar-refractivity contribution < 1.29 is 4.79 Å². The van der Waals surface area contributed by atoms with E-state index < -0.39 is 6.03 Å². The molecule has 0 saturated carbocycles. The van der Waals surface area contributed by atoms with Crippen LogP contribution in [0.1, 0.15) is 19.4 Å². The Morgan fingerprint density at radius 3 is 2.50 bits per heavy atom. The first-order valence-electron chi connectivity index (χ1n) is 5.25. The van der Waals surface area contributed by atoms with Gasteiger partial charge in [-0.05, 0) is 11.5 Å². The summed E-state index contributed by atoms with van der Waals surface area (Å²) < 4.78 is 0. The van der Waals surface area contributed by atoms with Crippen molar-refractivity contribution in [2.24, 2.45) is 16.8 Å². The molecule has 0 atom stereocenters. The first-order chi connectivity index (χ1) is 7.59. The van der Waals surface area contributed by atoms with Gasteiger partial charge in [-0.25, -0.2) is 10.2 Å². The molecule has 1 aromatic carbocycles. The van der Waals surface area contributed by atoms with Crippen LogP contribution < -0.4 is 11.2 Å². The molecule has 0 heterocycles. The van der Waals surface area contributed by atoms with E-state index >= 15 is 0 Å². The van der Waals surface area contributed by atoms with Gasteiger partial charge in [0.15, 0.2) is 0 Å². The summed E-state index contributed by atoms with van der Waals surface area (Å²) in [5.41, 5.74) is 9.33. The molecule has 0 aliphatic rings. The second-order valence-corrected chi connectivity index (χ2v) is 3.90. The molecule has 0 aliphatic heterocycles. The van der Waals surface area contributed by atoms with Gasteiger partial charge in [0.25, 0.3) is 0 Å². The second kappa shape index (κ2) is 5.90. The highest BCUT2D eigenvalue weighted by molar-refractivity contribution is 5.89. The monoisotopic (exact) mass is 219 g/mol. The number of urea groups is 1. The van der Waals surface area contributed by atoms with Gasteiger partial charge >= 0.3 is 6.03 Å². The van der Waals surface area contributed by atoms with Gasteiger partial charge in [0.05, 0.1) is 0 Å². The quantitative estimate of drug-likeness (QED) is 0.589. The molecule has 4 nitrogen and oxygen atoms in total. The smallest absolute Gasteiger partial charge is 0.332 e. The maximum Gasteiger partial charge on any atom is 0.332 e. The van der Waals surface area contributed by atoms with Crippen LogP contribution in [-0.4, -0.2) is 11.7 Å². The normalized spacial score (nSPS) is 11.6. The fourth-order valence-corrected chi connectivity index (χ4v) is 1.30. The van der Waals surface area contributed by atoms with Crippen molar-refractivity contribution in [3.8, 4) is 0 Å². The molecule has 0 radical (unpaired) electrons. The van der Waals surface area contributed by atoms with Gasteiger partial charge in [-0.15, -0.1) is 0 Å². The minimum atomic E-state index is -0.633. The van der Waals surface area contributed by atoms with E-state index in [4.69, 9.17) is 5.73 Å². The van der Waals surface area contributed by atoms with Crippen molar-refractivity contribution in [3.63, 3.8) is 0 Å². The average Bonchev–Trinajstić information content (AvgIpc) is 2.25. The maximum absolute atomic E-state index is 10.6. The Balaban J connectivity index is 2.72. The third-order valence-electron chi connectivity index (χ3n) is 2.20. The summed E-state index contributed by atoms with van der Waals surface area (Å²) in [7, 11) is 0. The molecule has 0 aromatic heterocycles. The Labute approximate surface area is 95.5 Å². The van der Waals surface area contributed by atoms with Crippen molar-refractivity contribution in [1.82, 2.24) is 5.43 Å². The van der Waals surface area contributed by atoms with Gasteiger partial charge in [0, 0.05) is 12.1 Å². The Kier molecular flexibility index (Phi) is 4.51. The molecule has 4 heteroatoms. The molecule has 16 heavy (non-hydrogen) atoms. The molecule has 0 bridgehead atoms. The third kappa shape index (κ3) is 4.13. The molecule has 1 rings (SSSR count). The number of hydrogen-bond donors (Lipinski definition) is 2. The lowest BCUT2D eigenvalue weighted by Crippen LogP contribution is -2.27. The molecular weight excluding hydrogens is 202 g/mol. The van der Waals surface area contributed by atoms with Gasteiger partial charge in [0.1, 0.15) is 0 Å². The topological polar surface area (TPSA) is 67.5 Å². The van der Waals surface area contributed by atoms with Crippen molar-refractivity contribution in [3.05, 3.63) is 35.9 Å². The average molecular weight is 219 g/mol. The minimum absolute atomic E-state index is 0.270. The fraction of sp³-hybridized carbons (Fsp3) is 0.333. The van der Waals surface area contributed by atoms with Crippen molar-refractivity contribution in [1.29, 1.82) is 0 Å². The largest absolute Gasteiger partial charge is 0.350 e. The Morgan fingerprint density at radius 1 is 1.38 bits per heavy atom. The molecule has 0 aliphatic carbocycles. The number of carbonyl (C=O) groups is 1. The maximum atomic E-state index is 10.6. The van der Waals surface area contributed by atoms with E-state index in [1.807, 2.05) is 44.2 Å². The zero-order valence-corrected chi connectivity index (χ0v) is 9.60. The highest BCUT2D eigenvalue weighted by atomic mass is 16.2. The summed E-state index contributed by atoms with van der Waals surface area (Å²) in [5.74, 6) is 0.270. The molecule has 0 fully saturated rings. The van der Waals surface area contributed by atoms with Gasteiger partial charge < -0.3 is 5.73 Å². The SMILES string of the molecule is CC(C)C(Cc1ccccc1)=NNC(N)=O. The number of hydrogen-bond acceptors (Lipinski definition) is 2. The van der Waals surface area contributed by atoms with Crippen LogP contribution in [0, 0.1) is 5.92 Å². The summed E-state index contributed by atoms with van der Waals surface area (Å²) in [4.78, 5) is 10.6. The second-order valence-electron chi connectivity index (χ2n) is 3.90. The number of benzene rings is 1. The highest BCUT2D eigenvalue weighted by Gasteiger charge is 2.06. The summed E-state index contributed by atoms with van der Waals surface area (Å²) in [6.45, 7) is 4.06. The number of carbonyl (C=O) groups excluding carboxylic acids is 1. The Bertz CT molecular complexity index is 371. The van der Waals surface area contributed by atoms with E-state index in [0.29, 0.717) is 0 Å². The summed E-state index contributed by atoms with van der Waals surface area (Å²) in [5, 5.41) is 4.01. The molecule has 2 amide bonds.